The predicted octanol–water partition coefficient (Wildman–Crippen LogP) is 7.34. The van der Waals surface area contributed by atoms with E-state index in [1.807, 2.05) is 31.2 Å². The Kier molecular flexibility index (Phi) is 11.2. The maximum absolute atomic E-state index is 15.9. The molecule has 0 unspecified atom stereocenters. The number of rotatable bonds is 12. The zero-order valence-corrected chi connectivity index (χ0v) is 27.9. The van der Waals surface area contributed by atoms with E-state index in [0.29, 0.717) is 41.6 Å². The molecule has 0 spiro atoms. The molecule has 1 N–H and O–H groups in total. The van der Waals surface area contributed by atoms with Gasteiger partial charge in [0.1, 0.15) is 23.8 Å². The number of carbonyl (C=O) groups excluding carboxylic acids is 2. The van der Waals surface area contributed by atoms with E-state index >= 15 is 4.39 Å². The van der Waals surface area contributed by atoms with Crippen molar-refractivity contribution in [2.24, 2.45) is 0 Å². The van der Waals surface area contributed by atoms with Crippen LogP contribution in [0.4, 0.5) is 9.18 Å². The maximum Gasteiger partial charge on any atom is 0.408 e. The summed E-state index contributed by atoms with van der Waals surface area (Å²) in [7, 11) is 3.16. The van der Waals surface area contributed by atoms with Crippen molar-refractivity contribution in [2.45, 2.75) is 72.1 Å². The van der Waals surface area contributed by atoms with Gasteiger partial charge in [-0.1, -0.05) is 12.1 Å². The first kappa shape index (κ1) is 34.6. The number of benzene rings is 3. The molecule has 3 aromatic carbocycles. The lowest BCUT2D eigenvalue weighted by molar-refractivity contribution is -0.143. The number of esters is 1. The molecule has 0 saturated carbocycles. The summed E-state index contributed by atoms with van der Waals surface area (Å²) in [6, 6.07) is 12.0. The van der Waals surface area contributed by atoms with Crippen LogP contribution in [0.2, 0.25) is 0 Å². The van der Waals surface area contributed by atoms with E-state index in [9.17, 15) is 9.59 Å². The molecular weight excluding hydrogens is 593 g/mol. The van der Waals surface area contributed by atoms with Gasteiger partial charge in [-0.25, -0.2) is 9.18 Å². The summed E-state index contributed by atoms with van der Waals surface area (Å²) in [5.74, 6) is 0.936. The second-order valence-corrected chi connectivity index (χ2v) is 12.3. The Bertz CT molecular complexity index is 1560. The van der Waals surface area contributed by atoms with E-state index in [4.69, 9.17) is 28.4 Å². The number of hydrogen-bond donors (Lipinski definition) is 1. The number of amides is 1. The first-order valence-corrected chi connectivity index (χ1v) is 15.3. The van der Waals surface area contributed by atoms with Gasteiger partial charge < -0.3 is 33.7 Å². The lowest BCUT2D eigenvalue weighted by atomic mass is 9.88. The summed E-state index contributed by atoms with van der Waals surface area (Å²) in [5, 5.41) is 2.69. The molecule has 0 aliphatic carbocycles. The van der Waals surface area contributed by atoms with Gasteiger partial charge in [0.25, 0.3) is 0 Å². The van der Waals surface area contributed by atoms with Gasteiger partial charge >= 0.3 is 12.1 Å². The maximum atomic E-state index is 15.9. The summed E-state index contributed by atoms with van der Waals surface area (Å²) in [6.45, 7) is 12.1. The molecule has 1 saturated heterocycles. The van der Waals surface area contributed by atoms with Crippen molar-refractivity contribution in [1.82, 2.24) is 5.32 Å². The number of methoxy groups -OCH3 is 2. The lowest BCUT2D eigenvalue weighted by Gasteiger charge is -2.28. The third-order valence-corrected chi connectivity index (χ3v) is 7.59. The molecule has 0 bridgehead atoms. The van der Waals surface area contributed by atoms with Gasteiger partial charge in [-0.05, 0) is 99.7 Å². The van der Waals surface area contributed by atoms with Crippen molar-refractivity contribution in [3.63, 3.8) is 0 Å². The van der Waals surface area contributed by atoms with Crippen LogP contribution >= 0.6 is 0 Å². The van der Waals surface area contributed by atoms with Crippen LogP contribution < -0.4 is 19.5 Å². The van der Waals surface area contributed by atoms with Crippen LogP contribution in [0.3, 0.4) is 0 Å². The van der Waals surface area contributed by atoms with Crippen molar-refractivity contribution in [1.29, 1.82) is 0 Å². The Labute approximate surface area is 270 Å². The largest absolute Gasteiger partial charge is 0.493 e. The zero-order chi connectivity index (χ0) is 33.6. The molecular formula is C36H44FNO8. The third kappa shape index (κ3) is 8.48. The minimum Gasteiger partial charge on any atom is -0.493 e. The number of hydrogen-bond acceptors (Lipinski definition) is 8. The first-order valence-electron chi connectivity index (χ1n) is 15.3. The Morgan fingerprint density at radius 3 is 2.30 bits per heavy atom. The molecule has 248 valence electrons. The Balaban J connectivity index is 1.78. The van der Waals surface area contributed by atoms with Crippen molar-refractivity contribution < 1.29 is 42.4 Å². The number of carbonyl (C=O) groups is 2. The minimum atomic E-state index is -1.05. The molecule has 0 radical (unpaired) electrons. The van der Waals surface area contributed by atoms with Crippen LogP contribution in [0.25, 0.3) is 11.1 Å². The lowest BCUT2D eigenvalue weighted by Crippen LogP contribution is -2.36. The molecule has 9 nitrogen and oxygen atoms in total. The highest BCUT2D eigenvalue weighted by atomic mass is 19.1. The molecule has 1 amide bonds. The quantitative estimate of drug-likeness (QED) is 0.206. The zero-order valence-electron chi connectivity index (χ0n) is 27.9. The Hall–Kier alpha value is -4.31. The monoisotopic (exact) mass is 637 g/mol. The Morgan fingerprint density at radius 1 is 0.978 bits per heavy atom. The SMILES string of the molecule is CCOC(=O)C[C@H](NC(=O)OC(C)(C)C)c1cc(-c2c(C)cc(C3COC3)cc2OCc2ccc(OC)c(OC)c2)cc(C)c1F. The van der Waals surface area contributed by atoms with Gasteiger partial charge in [0.15, 0.2) is 11.5 Å². The van der Waals surface area contributed by atoms with Crippen LogP contribution in [-0.2, 0) is 25.6 Å². The normalized spacial score (nSPS) is 13.8. The van der Waals surface area contributed by atoms with Crippen molar-refractivity contribution >= 4 is 12.1 Å². The minimum absolute atomic E-state index is 0.135. The van der Waals surface area contributed by atoms with Gasteiger partial charge in [0.05, 0.1) is 46.5 Å². The van der Waals surface area contributed by atoms with Crippen LogP contribution in [0.1, 0.15) is 73.9 Å². The standard InChI is InChI=1S/C36H44FNO8/c1-9-44-32(39)17-28(38-35(40)46-36(4,5)6)27-15-25(13-22(3)34(27)37)33-21(2)12-24(26-19-43-20-26)16-31(33)45-18-23-10-11-29(41-7)30(14-23)42-8/h10-16,26,28H,9,17-20H2,1-8H3,(H,38,40)/t28-/m0/s1. The number of alkyl carbamates (subject to hydrolysis) is 1. The van der Waals surface area contributed by atoms with Gasteiger partial charge in [0.2, 0.25) is 0 Å². The highest BCUT2D eigenvalue weighted by Gasteiger charge is 2.28. The van der Waals surface area contributed by atoms with E-state index in [0.717, 1.165) is 22.3 Å². The van der Waals surface area contributed by atoms with Gasteiger partial charge in [-0.3, -0.25) is 4.79 Å². The average Bonchev–Trinajstić information content (AvgIpc) is 2.95. The second kappa shape index (κ2) is 14.9. The molecule has 46 heavy (non-hydrogen) atoms. The van der Waals surface area contributed by atoms with E-state index in [1.165, 1.54) is 0 Å². The van der Waals surface area contributed by atoms with Crippen LogP contribution in [0.15, 0.2) is 42.5 Å². The predicted molar refractivity (Wildman–Crippen MR) is 172 cm³/mol. The average molecular weight is 638 g/mol. The van der Waals surface area contributed by atoms with Gasteiger partial charge in [0, 0.05) is 17.0 Å². The summed E-state index contributed by atoms with van der Waals surface area (Å²) in [4.78, 5) is 25.4. The molecule has 3 aromatic rings. The van der Waals surface area contributed by atoms with E-state index in [2.05, 4.69) is 11.4 Å². The number of halogens is 1. The highest BCUT2D eigenvalue weighted by Crippen LogP contribution is 2.41. The fraction of sp³-hybridized carbons (Fsp3) is 0.444. The fourth-order valence-corrected chi connectivity index (χ4v) is 5.33. The molecule has 1 aliphatic heterocycles. The number of ether oxygens (including phenoxy) is 6. The first-order chi connectivity index (χ1) is 21.8. The van der Waals surface area contributed by atoms with E-state index in [1.54, 1.807) is 61.0 Å². The molecule has 1 heterocycles. The molecule has 0 aromatic heterocycles. The van der Waals surface area contributed by atoms with Crippen molar-refractivity contribution in [3.8, 4) is 28.4 Å². The van der Waals surface area contributed by atoms with Gasteiger partial charge in [-0.2, -0.15) is 0 Å². The summed E-state index contributed by atoms with van der Waals surface area (Å²) in [5.41, 5.74) is 3.99. The van der Waals surface area contributed by atoms with Crippen molar-refractivity contribution in [3.05, 3.63) is 76.1 Å². The van der Waals surface area contributed by atoms with E-state index < -0.39 is 29.5 Å². The third-order valence-electron chi connectivity index (χ3n) is 7.59. The summed E-state index contributed by atoms with van der Waals surface area (Å²) >= 11 is 0. The van der Waals surface area contributed by atoms with Gasteiger partial charge in [-0.15, -0.1) is 0 Å². The van der Waals surface area contributed by atoms with E-state index in [-0.39, 0.29) is 31.1 Å². The summed E-state index contributed by atoms with van der Waals surface area (Å²) < 4.78 is 49.3. The van der Waals surface area contributed by atoms with Crippen LogP contribution in [0.5, 0.6) is 17.2 Å². The Morgan fingerprint density at radius 2 is 1.70 bits per heavy atom. The smallest absolute Gasteiger partial charge is 0.408 e. The topological polar surface area (TPSA) is 102 Å². The molecule has 1 aliphatic rings. The van der Waals surface area contributed by atoms with Crippen LogP contribution in [0, 0.1) is 19.7 Å². The van der Waals surface area contributed by atoms with Crippen molar-refractivity contribution in [2.75, 3.05) is 34.0 Å². The molecule has 4 rings (SSSR count). The van der Waals surface area contributed by atoms with Crippen LogP contribution in [-0.4, -0.2) is 51.7 Å². The highest BCUT2D eigenvalue weighted by molar-refractivity contribution is 5.77. The summed E-state index contributed by atoms with van der Waals surface area (Å²) in [6.07, 6.45) is -1.05. The fourth-order valence-electron chi connectivity index (χ4n) is 5.33. The number of nitrogens with one attached hydrogen (secondary N) is 1. The second-order valence-electron chi connectivity index (χ2n) is 12.3. The molecule has 1 atom stereocenters. The molecule has 10 heteroatoms. The molecule has 1 fully saturated rings. The number of aryl methyl sites for hydroxylation is 2.